The number of rotatable bonds is 4. The average Bonchev–Trinajstić information content (AvgIpc) is 2.63. The lowest BCUT2D eigenvalue weighted by Gasteiger charge is -2.09. The molecule has 0 saturated carbocycles. The number of carbonyl (C=O) groups excluding carboxylic acids is 2. The highest BCUT2D eigenvalue weighted by Crippen LogP contribution is 2.11. The highest BCUT2D eigenvalue weighted by atomic mass is 19.1. The minimum atomic E-state index is -0.490. The number of amides is 2. The fourth-order valence-electron chi connectivity index (χ4n) is 2.48. The zero-order chi connectivity index (χ0) is 18.7. The number of nitrogens with one attached hydrogen (secondary N) is 2. The predicted molar refractivity (Wildman–Crippen MR) is 94.4 cm³/mol. The van der Waals surface area contributed by atoms with E-state index in [2.05, 4.69) is 15.6 Å². The number of aromatic nitrogens is 2. The number of halogens is 1. The first kappa shape index (κ1) is 17.3. The Morgan fingerprint density at radius 1 is 1.19 bits per heavy atom. The highest BCUT2D eigenvalue weighted by Gasteiger charge is 2.10. The lowest BCUT2D eigenvalue weighted by Crippen LogP contribution is -2.28. The Hall–Kier alpha value is -3.55. The van der Waals surface area contributed by atoms with Crippen molar-refractivity contribution >= 4 is 28.4 Å². The molecule has 132 valence electrons. The summed E-state index contributed by atoms with van der Waals surface area (Å²) in [6.45, 7) is -0.261. The molecule has 0 bridgehead atoms. The minimum absolute atomic E-state index is 0.225. The molecule has 0 aliphatic carbocycles. The zero-order valence-corrected chi connectivity index (χ0v) is 13.8. The number of anilines is 1. The van der Waals surface area contributed by atoms with Gasteiger partial charge in [0, 0.05) is 24.4 Å². The molecule has 0 fully saturated rings. The van der Waals surface area contributed by atoms with Gasteiger partial charge in [-0.2, -0.15) is 0 Å². The molecule has 3 rings (SSSR count). The van der Waals surface area contributed by atoms with Crippen LogP contribution in [0.5, 0.6) is 0 Å². The first-order valence-corrected chi connectivity index (χ1v) is 7.74. The summed E-state index contributed by atoms with van der Waals surface area (Å²) in [7, 11) is 1.51. The molecule has 8 heteroatoms. The predicted octanol–water partition coefficient (Wildman–Crippen LogP) is 1.53. The average molecular weight is 354 g/mol. The number of hydrogen-bond donors (Lipinski definition) is 2. The fraction of sp³-hybridized carbons (Fsp3) is 0.111. The van der Waals surface area contributed by atoms with Gasteiger partial charge in [-0.05, 0) is 30.3 Å². The van der Waals surface area contributed by atoms with Gasteiger partial charge in [-0.15, -0.1) is 0 Å². The van der Waals surface area contributed by atoms with E-state index in [9.17, 15) is 18.8 Å². The smallest absolute Gasteiger partial charge is 0.261 e. The summed E-state index contributed by atoms with van der Waals surface area (Å²) in [4.78, 5) is 40.2. The molecule has 3 aromatic rings. The number of carbonyl (C=O) groups is 2. The van der Waals surface area contributed by atoms with Crippen LogP contribution < -0.4 is 16.2 Å². The first-order chi connectivity index (χ1) is 12.5. The van der Waals surface area contributed by atoms with Gasteiger partial charge in [0.05, 0.1) is 17.2 Å². The summed E-state index contributed by atoms with van der Waals surface area (Å²) in [6.07, 6.45) is 1.20. The second kappa shape index (κ2) is 7.14. The third-order valence-corrected chi connectivity index (χ3v) is 3.74. The highest BCUT2D eigenvalue weighted by molar-refractivity contribution is 5.97. The van der Waals surface area contributed by atoms with Crippen LogP contribution in [0.1, 0.15) is 10.4 Å². The summed E-state index contributed by atoms with van der Waals surface area (Å²) in [6, 6.07) is 10.1. The summed E-state index contributed by atoms with van der Waals surface area (Å²) in [5.41, 5.74) is 0.617. The van der Waals surface area contributed by atoms with Crippen molar-refractivity contribution in [2.45, 2.75) is 6.54 Å². The van der Waals surface area contributed by atoms with Crippen LogP contribution in [-0.2, 0) is 11.3 Å². The molecule has 0 aliphatic heterocycles. The van der Waals surface area contributed by atoms with Crippen molar-refractivity contribution in [2.75, 3.05) is 12.4 Å². The maximum atomic E-state index is 13.2. The third kappa shape index (κ3) is 3.59. The monoisotopic (exact) mass is 354 g/mol. The van der Waals surface area contributed by atoms with E-state index in [-0.39, 0.29) is 23.4 Å². The van der Waals surface area contributed by atoms with Crippen LogP contribution in [0, 0.1) is 5.82 Å². The quantitative estimate of drug-likeness (QED) is 0.743. The second-order valence-electron chi connectivity index (χ2n) is 5.55. The van der Waals surface area contributed by atoms with Crippen LogP contribution in [-0.4, -0.2) is 28.4 Å². The van der Waals surface area contributed by atoms with Gasteiger partial charge in [0.25, 0.3) is 11.5 Å². The molecule has 2 N–H and O–H groups in total. The van der Waals surface area contributed by atoms with E-state index in [4.69, 9.17) is 0 Å². The summed E-state index contributed by atoms with van der Waals surface area (Å²) >= 11 is 0. The van der Waals surface area contributed by atoms with Gasteiger partial charge >= 0.3 is 0 Å². The van der Waals surface area contributed by atoms with E-state index in [0.717, 1.165) is 10.6 Å². The Bertz CT molecular complexity index is 1060. The summed E-state index contributed by atoms with van der Waals surface area (Å²) in [5.74, 6) is -1.22. The van der Waals surface area contributed by atoms with Crippen LogP contribution in [0.15, 0.2) is 53.6 Å². The van der Waals surface area contributed by atoms with Gasteiger partial charge in [0.15, 0.2) is 0 Å². The molecule has 0 atom stereocenters. The summed E-state index contributed by atoms with van der Waals surface area (Å²) < 4.78 is 14.3. The van der Waals surface area contributed by atoms with Gasteiger partial charge < -0.3 is 10.6 Å². The topological polar surface area (TPSA) is 93.1 Å². The Morgan fingerprint density at radius 2 is 2.00 bits per heavy atom. The molecule has 26 heavy (non-hydrogen) atoms. The Kier molecular flexibility index (Phi) is 4.74. The van der Waals surface area contributed by atoms with Gasteiger partial charge in [0.1, 0.15) is 12.4 Å². The van der Waals surface area contributed by atoms with Gasteiger partial charge in [-0.25, -0.2) is 9.37 Å². The van der Waals surface area contributed by atoms with E-state index >= 15 is 0 Å². The molecular weight excluding hydrogens is 339 g/mol. The third-order valence-electron chi connectivity index (χ3n) is 3.74. The van der Waals surface area contributed by atoms with Crippen molar-refractivity contribution in [2.24, 2.45) is 0 Å². The van der Waals surface area contributed by atoms with E-state index in [1.807, 2.05) is 0 Å². The Labute approximate surface area is 147 Å². The van der Waals surface area contributed by atoms with Crippen molar-refractivity contribution in [3.05, 3.63) is 70.5 Å². The lowest BCUT2D eigenvalue weighted by molar-refractivity contribution is -0.116. The van der Waals surface area contributed by atoms with Crippen molar-refractivity contribution < 1.29 is 14.0 Å². The zero-order valence-electron chi connectivity index (χ0n) is 13.8. The second-order valence-corrected chi connectivity index (χ2v) is 5.55. The van der Waals surface area contributed by atoms with Crippen molar-refractivity contribution in [1.29, 1.82) is 0 Å². The standard InChI is InChI=1S/C18H15FN4O3/c1-20-17(25)11-3-2-4-13(7-11)22-16(24)9-23-10-21-15-8-12(19)5-6-14(15)18(23)26/h2-8,10H,9H2,1H3,(H,20,25)(H,22,24). The molecule has 0 saturated heterocycles. The van der Waals surface area contributed by atoms with Gasteiger partial charge in [0.2, 0.25) is 5.91 Å². The van der Waals surface area contributed by atoms with Crippen LogP contribution in [0.2, 0.25) is 0 Å². The summed E-state index contributed by atoms with van der Waals surface area (Å²) in [5, 5.41) is 5.35. The Balaban J connectivity index is 1.79. The lowest BCUT2D eigenvalue weighted by atomic mass is 10.2. The normalized spacial score (nSPS) is 10.5. The number of fused-ring (bicyclic) bond motifs is 1. The van der Waals surface area contributed by atoms with Crippen LogP contribution in [0.3, 0.4) is 0 Å². The first-order valence-electron chi connectivity index (χ1n) is 7.74. The van der Waals surface area contributed by atoms with Crippen molar-refractivity contribution in [3.8, 4) is 0 Å². The molecule has 0 unspecified atom stereocenters. The number of hydrogen-bond acceptors (Lipinski definition) is 4. The molecule has 7 nitrogen and oxygen atoms in total. The van der Waals surface area contributed by atoms with Crippen molar-refractivity contribution in [1.82, 2.24) is 14.9 Å². The molecular formula is C18H15FN4O3. The van der Waals surface area contributed by atoms with Gasteiger partial charge in [-0.3, -0.25) is 19.0 Å². The van der Waals surface area contributed by atoms with E-state index in [1.54, 1.807) is 18.2 Å². The van der Waals surface area contributed by atoms with Gasteiger partial charge in [-0.1, -0.05) is 6.07 Å². The largest absolute Gasteiger partial charge is 0.355 e. The maximum absolute atomic E-state index is 13.2. The molecule has 0 spiro atoms. The van der Waals surface area contributed by atoms with Crippen LogP contribution in [0.4, 0.5) is 10.1 Å². The minimum Gasteiger partial charge on any atom is -0.355 e. The molecule has 0 radical (unpaired) electrons. The van der Waals surface area contributed by atoms with Crippen LogP contribution in [0.25, 0.3) is 10.9 Å². The fourth-order valence-corrected chi connectivity index (χ4v) is 2.48. The van der Waals surface area contributed by atoms with E-state index in [0.29, 0.717) is 11.3 Å². The molecule has 1 heterocycles. The van der Waals surface area contributed by atoms with E-state index < -0.39 is 17.3 Å². The van der Waals surface area contributed by atoms with E-state index in [1.165, 1.54) is 31.6 Å². The van der Waals surface area contributed by atoms with Crippen LogP contribution >= 0.6 is 0 Å². The SMILES string of the molecule is CNC(=O)c1cccc(NC(=O)Cn2cnc3cc(F)ccc3c2=O)c1. The maximum Gasteiger partial charge on any atom is 0.261 e. The number of benzene rings is 2. The van der Waals surface area contributed by atoms with Crippen molar-refractivity contribution in [3.63, 3.8) is 0 Å². The Morgan fingerprint density at radius 3 is 2.77 bits per heavy atom. The molecule has 2 amide bonds. The molecule has 0 aliphatic rings. The molecule has 1 aromatic heterocycles. The molecule has 2 aromatic carbocycles. The number of nitrogens with zero attached hydrogens (tertiary/aromatic N) is 2.